The van der Waals surface area contributed by atoms with Gasteiger partial charge in [0, 0.05) is 0 Å². The molecule has 0 bridgehead atoms. The van der Waals surface area contributed by atoms with Crippen LogP contribution in [0.2, 0.25) is 0 Å². The van der Waals surface area contributed by atoms with Crippen LogP contribution in [0.4, 0.5) is 5.88 Å². The molecule has 1 heterocycles. The molecule has 0 atom stereocenters. The lowest BCUT2D eigenvalue weighted by Crippen LogP contribution is -2.24. The van der Waals surface area contributed by atoms with E-state index >= 15 is 0 Å². The highest BCUT2D eigenvalue weighted by Gasteiger charge is 2.19. The minimum Gasteiger partial charge on any atom is -0.482 e. The molecule has 0 saturated heterocycles. The summed E-state index contributed by atoms with van der Waals surface area (Å²) in [6.45, 7) is -0.324. The van der Waals surface area contributed by atoms with Crippen molar-refractivity contribution in [3.63, 3.8) is 0 Å². The van der Waals surface area contributed by atoms with E-state index < -0.39 is 22.7 Å². The highest BCUT2D eigenvalue weighted by atomic mass is 16.7. The second kappa shape index (κ2) is 10.2. The van der Waals surface area contributed by atoms with Crippen molar-refractivity contribution in [3.05, 3.63) is 87.7 Å². The Labute approximate surface area is 180 Å². The zero-order chi connectivity index (χ0) is 22.9. The maximum Gasteiger partial charge on any atom is 0.433 e. The molecule has 0 aliphatic heterocycles. The molecular formula is C21H14N4O7. The molecule has 32 heavy (non-hydrogen) atoms. The van der Waals surface area contributed by atoms with Crippen molar-refractivity contribution >= 4 is 24.0 Å². The van der Waals surface area contributed by atoms with Gasteiger partial charge in [-0.1, -0.05) is 12.1 Å². The second-order valence-electron chi connectivity index (χ2n) is 6.04. The Bertz CT molecular complexity index is 1210. The fourth-order valence-electron chi connectivity index (χ4n) is 2.35. The van der Waals surface area contributed by atoms with Gasteiger partial charge in [-0.15, -0.1) is 0 Å². The molecule has 0 radical (unpaired) electrons. The smallest absolute Gasteiger partial charge is 0.433 e. The van der Waals surface area contributed by atoms with E-state index in [2.05, 4.69) is 10.5 Å². The third-order valence-electron chi connectivity index (χ3n) is 3.83. The van der Waals surface area contributed by atoms with Crippen LogP contribution in [0.25, 0.3) is 0 Å². The lowest BCUT2D eigenvalue weighted by molar-refractivity contribution is -0.402. The van der Waals surface area contributed by atoms with Crippen molar-refractivity contribution in [2.24, 2.45) is 5.10 Å². The lowest BCUT2D eigenvalue weighted by atomic mass is 10.2. The third kappa shape index (κ3) is 5.77. The summed E-state index contributed by atoms with van der Waals surface area (Å²) >= 11 is 0. The topological polar surface area (TPSA) is 157 Å². The van der Waals surface area contributed by atoms with Crippen LogP contribution in [0.15, 0.2) is 70.2 Å². The van der Waals surface area contributed by atoms with Gasteiger partial charge >= 0.3 is 11.9 Å². The number of hydrogen-bond acceptors (Lipinski definition) is 9. The number of nitrogens with zero attached hydrogens (tertiary/aromatic N) is 3. The predicted octanol–water partition coefficient (Wildman–Crippen LogP) is 2.81. The van der Waals surface area contributed by atoms with Crippen molar-refractivity contribution in [3.8, 4) is 17.6 Å². The number of hydrazone groups is 1. The maximum atomic E-state index is 11.9. The van der Waals surface area contributed by atoms with Gasteiger partial charge in [-0.2, -0.15) is 10.4 Å². The van der Waals surface area contributed by atoms with Crippen LogP contribution in [0, 0.1) is 21.4 Å². The monoisotopic (exact) mass is 434 g/mol. The van der Waals surface area contributed by atoms with Gasteiger partial charge in [-0.3, -0.25) is 14.9 Å². The minimum atomic E-state index is -0.884. The summed E-state index contributed by atoms with van der Waals surface area (Å²) in [5, 5.41) is 23.4. The number of para-hydroxylation sites is 1. The first-order valence-corrected chi connectivity index (χ1v) is 8.96. The van der Waals surface area contributed by atoms with Gasteiger partial charge in [0.15, 0.2) is 6.61 Å². The van der Waals surface area contributed by atoms with Crippen LogP contribution in [0.3, 0.4) is 0 Å². The molecule has 3 rings (SSSR count). The van der Waals surface area contributed by atoms with E-state index in [1.807, 2.05) is 6.07 Å². The SMILES string of the molecule is N#Cc1ccccc1OCC(=O)N/N=C/c1ccc(OC(=O)c2ccc([N+](=O)[O-])o2)cc1. The molecule has 0 fully saturated rings. The van der Waals surface area contributed by atoms with E-state index in [1.165, 1.54) is 18.3 Å². The highest BCUT2D eigenvalue weighted by Crippen LogP contribution is 2.19. The summed E-state index contributed by atoms with van der Waals surface area (Å²) in [5.41, 5.74) is 3.20. The minimum absolute atomic E-state index is 0.180. The summed E-state index contributed by atoms with van der Waals surface area (Å²) in [6, 6.07) is 16.8. The largest absolute Gasteiger partial charge is 0.482 e. The van der Waals surface area contributed by atoms with E-state index in [4.69, 9.17) is 19.2 Å². The summed E-state index contributed by atoms with van der Waals surface area (Å²) < 4.78 is 15.1. The first-order valence-electron chi connectivity index (χ1n) is 8.96. The van der Waals surface area contributed by atoms with Crippen molar-refractivity contribution < 1.29 is 28.4 Å². The van der Waals surface area contributed by atoms with Crippen LogP contribution in [-0.2, 0) is 4.79 Å². The molecule has 1 N–H and O–H groups in total. The molecule has 0 spiro atoms. The average molecular weight is 434 g/mol. The molecule has 0 aliphatic carbocycles. The molecule has 11 nitrogen and oxygen atoms in total. The van der Waals surface area contributed by atoms with Gasteiger partial charge in [0.25, 0.3) is 5.91 Å². The number of carbonyl (C=O) groups is 2. The van der Waals surface area contributed by atoms with Crippen LogP contribution in [-0.4, -0.2) is 29.6 Å². The molecule has 3 aromatic rings. The van der Waals surface area contributed by atoms with E-state index in [0.717, 1.165) is 12.1 Å². The van der Waals surface area contributed by atoms with E-state index in [1.54, 1.807) is 36.4 Å². The first-order chi connectivity index (χ1) is 15.5. The molecule has 1 amide bonds. The normalized spacial score (nSPS) is 10.3. The van der Waals surface area contributed by atoms with E-state index in [0.29, 0.717) is 16.9 Å². The number of nitrogens with one attached hydrogen (secondary N) is 1. The molecular weight excluding hydrogens is 420 g/mol. The quantitative estimate of drug-likeness (QED) is 0.186. The number of nitriles is 1. The number of nitro groups is 1. The lowest BCUT2D eigenvalue weighted by Gasteiger charge is -2.06. The Balaban J connectivity index is 1.48. The van der Waals surface area contributed by atoms with Gasteiger partial charge in [0.2, 0.25) is 5.76 Å². The van der Waals surface area contributed by atoms with Crippen LogP contribution >= 0.6 is 0 Å². The van der Waals surface area contributed by atoms with Gasteiger partial charge in [-0.25, -0.2) is 10.2 Å². The van der Waals surface area contributed by atoms with Crippen molar-refractivity contribution in [2.75, 3.05) is 6.61 Å². The number of amides is 1. The molecule has 0 saturated carbocycles. The number of hydrogen-bond donors (Lipinski definition) is 1. The molecule has 2 aromatic carbocycles. The van der Waals surface area contributed by atoms with Gasteiger partial charge in [0.1, 0.15) is 22.5 Å². The third-order valence-corrected chi connectivity index (χ3v) is 3.83. The Morgan fingerprint density at radius 2 is 1.91 bits per heavy atom. The number of ether oxygens (including phenoxy) is 2. The Hall–Kier alpha value is -4.98. The number of esters is 1. The summed E-state index contributed by atoms with van der Waals surface area (Å²) in [7, 11) is 0. The second-order valence-corrected chi connectivity index (χ2v) is 6.04. The maximum absolute atomic E-state index is 11.9. The highest BCUT2D eigenvalue weighted by molar-refractivity contribution is 5.88. The zero-order valence-corrected chi connectivity index (χ0v) is 16.3. The van der Waals surface area contributed by atoms with E-state index in [9.17, 15) is 19.7 Å². The average Bonchev–Trinajstić information content (AvgIpc) is 3.30. The van der Waals surface area contributed by atoms with Gasteiger partial charge in [-0.05, 0) is 48.0 Å². The molecule has 0 unspecified atom stereocenters. The zero-order valence-electron chi connectivity index (χ0n) is 16.3. The fourth-order valence-corrected chi connectivity index (χ4v) is 2.35. The molecule has 11 heteroatoms. The summed E-state index contributed by atoms with van der Waals surface area (Å²) in [4.78, 5) is 33.6. The predicted molar refractivity (Wildman–Crippen MR) is 109 cm³/mol. The van der Waals surface area contributed by atoms with Crippen LogP contribution < -0.4 is 14.9 Å². The van der Waals surface area contributed by atoms with Gasteiger partial charge in [0.05, 0.1) is 17.8 Å². The standard InChI is InChI=1S/C21H14N4O7/c22-11-15-3-1-2-4-17(15)30-13-19(26)24-23-12-14-5-7-16(8-6-14)31-21(27)18-9-10-20(32-18)25(28)29/h1-10,12H,13H2,(H,24,26)/b23-12+. The number of furan rings is 1. The van der Waals surface area contributed by atoms with Crippen molar-refractivity contribution in [1.82, 2.24) is 5.43 Å². The van der Waals surface area contributed by atoms with E-state index in [-0.39, 0.29) is 18.1 Å². The first kappa shape index (κ1) is 21.7. The van der Waals surface area contributed by atoms with Crippen LogP contribution in [0.1, 0.15) is 21.7 Å². The van der Waals surface area contributed by atoms with Crippen molar-refractivity contribution in [2.45, 2.75) is 0 Å². The fraction of sp³-hybridized carbons (Fsp3) is 0.0476. The summed E-state index contributed by atoms with van der Waals surface area (Å²) in [5.74, 6) is -1.80. The van der Waals surface area contributed by atoms with Crippen LogP contribution in [0.5, 0.6) is 11.5 Å². The Kier molecular flexibility index (Phi) is 6.90. The number of carbonyl (C=O) groups excluding carboxylic acids is 2. The Morgan fingerprint density at radius 1 is 1.16 bits per heavy atom. The number of rotatable bonds is 8. The summed E-state index contributed by atoms with van der Waals surface area (Å²) in [6.07, 6.45) is 1.36. The Morgan fingerprint density at radius 3 is 2.59 bits per heavy atom. The molecule has 0 aliphatic rings. The molecule has 160 valence electrons. The number of benzene rings is 2. The van der Waals surface area contributed by atoms with Crippen molar-refractivity contribution in [1.29, 1.82) is 5.26 Å². The van der Waals surface area contributed by atoms with Gasteiger partial charge < -0.3 is 13.9 Å². The molecule has 1 aromatic heterocycles.